The number of carbonyl (C=O) groups is 3. The van der Waals surface area contributed by atoms with Gasteiger partial charge in [-0.1, -0.05) is 48.5 Å². The number of nitrogens with one attached hydrogen (secondary N) is 4. The van der Waals surface area contributed by atoms with Crippen LogP contribution in [0, 0.1) is 0 Å². The fourth-order valence-electron chi connectivity index (χ4n) is 4.20. The third-order valence-electron chi connectivity index (χ3n) is 6.05. The fraction of sp³-hybridized carbons (Fsp3) is 0.308. The van der Waals surface area contributed by atoms with Gasteiger partial charge in [0, 0.05) is 18.0 Å². The molecule has 9 heteroatoms. The van der Waals surface area contributed by atoms with Crippen molar-refractivity contribution < 1.29 is 14.4 Å². The van der Waals surface area contributed by atoms with E-state index in [2.05, 4.69) is 26.3 Å². The normalized spacial score (nSPS) is 18.1. The van der Waals surface area contributed by atoms with E-state index < -0.39 is 12.1 Å². The van der Waals surface area contributed by atoms with Crippen LogP contribution in [0.1, 0.15) is 18.4 Å². The van der Waals surface area contributed by atoms with Gasteiger partial charge in [-0.25, -0.2) is 0 Å². The molecule has 0 radical (unpaired) electrons. The van der Waals surface area contributed by atoms with Gasteiger partial charge in [-0.2, -0.15) is 0 Å². The van der Waals surface area contributed by atoms with Gasteiger partial charge in [-0.05, 0) is 37.0 Å². The van der Waals surface area contributed by atoms with E-state index >= 15 is 0 Å². The molecule has 0 aliphatic carbocycles. The molecule has 1 saturated heterocycles. The number of amides is 3. The van der Waals surface area contributed by atoms with Gasteiger partial charge in [0.25, 0.3) is 0 Å². The topological polar surface area (TPSA) is 138 Å². The predicted octanol–water partition coefficient (Wildman–Crippen LogP) is 1.10. The zero-order chi connectivity index (χ0) is 24.6. The molecule has 182 valence electrons. The molecule has 1 aliphatic rings. The maximum atomic E-state index is 13.2. The number of nitrogens with zero attached hydrogens (tertiary/aromatic N) is 1. The van der Waals surface area contributed by atoms with Crippen molar-refractivity contribution in [2.45, 2.75) is 37.4 Å². The van der Waals surface area contributed by atoms with Gasteiger partial charge in [0.1, 0.15) is 6.04 Å². The van der Waals surface area contributed by atoms with Crippen LogP contribution in [0.3, 0.4) is 0 Å². The lowest BCUT2D eigenvalue weighted by molar-refractivity contribution is -0.127. The van der Waals surface area contributed by atoms with E-state index in [0.717, 1.165) is 16.5 Å². The summed E-state index contributed by atoms with van der Waals surface area (Å²) in [7, 11) is 0. The highest BCUT2D eigenvalue weighted by molar-refractivity contribution is 5.99. The average Bonchev–Trinajstić information content (AvgIpc) is 3.35. The van der Waals surface area contributed by atoms with Crippen LogP contribution in [-0.2, 0) is 20.8 Å². The largest absolute Gasteiger partial charge is 0.351 e. The molecular formula is C26H30N6O3. The second-order valence-corrected chi connectivity index (χ2v) is 8.66. The summed E-state index contributed by atoms with van der Waals surface area (Å²) in [5.41, 5.74) is 7.84. The zero-order valence-corrected chi connectivity index (χ0v) is 19.4. The fourth-order valence-corrected chi connectivity index (χ4v) is 4.20. The lowest BCUT2D eigenvalue weighted by Crippen LogP contribution is -2.50. The third kappa shape index (κ3) is 6.62. The summed E-state index contributed by atoms with van der Waals surface area (Å²) in [6.45, 7) is 0.367. The number of nitrogens with two attached hydrogens (primary N) is 1. The number of hydrogen-bond donors (Lipinski definition) is 5. The van der Waals surface area contributed by atoms with Gasteiger partial charge in [0.2, 0.25) is 17.7 Å². The van der Waals surface area contributed by atoms with Gasteiger partial charge < -0.3 is 27.0 Å². The Balaban J connectivity index is 1.43. The highest BCUT2D eigenvalue weighted by atomic mass is 16.2. The first-order valence-electron chi connectivity index (χ1n) is 11.7. The smallest absolute Gasteiger partial charge is 0.247 e. The number of rotatable bonds is 9. The van der Waals surface area contributed by atoms with Crippen molar-refractivity contribution >= 4 is 34.3 Å². The number of benzene rings is 2. The van der Waals surface area contributed by atoms with E-state index in [1.807, 2.05) is 60.7 Å². The molecule has 1 aromatic heterocycles. The minimum atomic E-state index is -0.742. The van der Waals surface area contributed by atoms with Crippen LogP contribution in [0.4, 0.5) is 5.69 Å². The molecule has 9 nitrogen and oxygen atoms in total. The van der Waals surface area contributed by atoms with E-state index in [4.69, 9.17) is 5.73 Å². The summed E-state index contributed by atoms with van der Waals surface area (Å²) in [4.78, 5) is 42.2. The predicted molar refractivity (Wildman–Crippen MR) is 134 cm³/mol. The zero-order valence-electron chi connectivity index (χ0n) is 19.4. The molecule has 0 bridgehead atoms. The summed E-state index contributed by atoms with van der Waals surface area (Å²) < 4.78 is 0. The molecule has 0 unspecified atom stereocenters. The maximum Gasteiger partial charge on any atom is 0.247 e. The summed E-state index contributed by atoms with van der Waals surface area (Å²) in [5.74, 6) is -0.848. The van der Waals surface area contributed by atoms with Crippen LogP contribution < -0.4 is 27.0 Å². The van der Waals surface area contributed by atoms with Crippen LogP contribution >= 0.6 is 0 Å². The second kappa shape index (κ2) is 11.5. The van der Waals surface area contributed by atoms with Crippen molar-refractivity contribution in [1.29, 1.82) is 0 Å². The Morgan fingerprint density at radius 1 is 1.09 bits per heavy atom. The highest BCUT2D eigenvalue weighted by Gasteiger charge is 2.32. The van der Waals surface area contributed by atoms with E-state index in [-0.39, 0.29) is 30.3 Å². The number of para-hydroxylation sites is 1. The van der Waals surface area contributed by atoms with Crippen LogP contribution in [0.2, 0.25) is 0 Å². The molecule has 1 aliphatic heterocycles. The quantitative estimate of drug-likeness (QED) is 0.315. The van der Waals surface area contributed by atoms with Crippen LogP contribution in [0.25, 0.3) is 10.9 Å². The number of aryl methyl sites for hydroxylation is 1. The first-order chi connectivity index (χ1) is 17.0. The Kier molecular flexibility index (Phi) is 8.02. The van der Waals surface area contributed by atoms with E-state index in [9.17, 15) is 14.4 Å². The standard InChI is InChI=1S/C26H30N6O3/c27-14-24(33)30-20-13-23(29-16-20)26(35)32-22(11-10-17-6-2-1-3-7-17)25(34)31-19-12-18-8-4-5-9-21(18)28-15-19/h1-9,12,15,20,22-23,29H,10-11,13-14,16,27H2,(H,30,33)(H,31,34)(H,32,35)/t20-,22-,23-/m1/s1. The Morgan fingerprint density at radius 2 is 1.86 bits per heavy atom. The molecule has 4 rings (SSSR count). The van der Waals surface area contributed by atoms with Gasteiger partial charge in [0.15, 0.2) is 0 Å². The van der Waals surface area contributed by atoms with Crippen molar-refractivity contribution in [3.63, 3.8) is 0 Å². The number of hydrogen-bond acceptors (Lipinski definition) is 6. The Labute approximate surface area is 203 Å². The van der Waals surface area contributed by atoms with E-state index in [1.165, 1.54) is 0 Å². The Morgan fingerprint density at radius 3 is 2.66 bits per heavy atom. The first kappa shape index (κ1) is 24.3. The van der Waals surface area contributed by atoms with E-state index in [1.54, 1.807) is 6.20 Å². The van der Waals surface area contributed by atoms with Gasteiger partial charge in [-0.3, -0.25) is 19.4 Å². The molecule has 0 spiro atoms. The lowest BCUT2D eigenvalue weighted by Gasteiger charge is -2.21. The number of fused-ring (bicyclic) bond motifs is 1. The molecular weight excluding hydrogens is 444 g/mol. The molecule has 3 aromatic rings. The van der Waals surface area contributed by atoms with Crippen molar-refractivity contribution in [3.05, 3.63) is 72.4 Å². The molecule has 2 heterocycles. The van der Waals surface area contributed by atoms with Crippen molar-refractivity contribution in [3.8, 4) is 0 Å². The van der Waals surface area contributed by atoms with Crippen LogP contribution in [0.15, 0.2) is 66.9 Å². The molecule has 3 atom stereocenters. The van der Waals surface area contributed by atoms with Crippen LogP contribution in [0.5, 0.6) is 0 Å². The van der Waals surface area contributed by atoms with Gasteiger partial charge >= 0.3 is 0 Å². The highest BCUT2D eigenvalue weighted by Crippen LogP contribution is 2.17. The monoisotopic (exact) mass is 474 g/mol. The van der Waals surface area contributed by atoms with Gasteiger partial charge in [0.05, 0.1) is 30.0 Å². The molecule has 2 aromatic carbocycles. The number of aromatic nitrogens is 1. The second-order valence-electron chi connectivity index (χ2n) is 8.66. The lowest BCUT2D eigenvalue weighted by atomic mass is 10.0. The molecule has 6 N–H and O–H groups in total. The SMILES string of the molecule is NCC(=O)N[C@H]1CN[C@@H](C(=O)N[C@H](CCc2ccccc2)C(=O)Nc2cnc3ccccc3c2)C1. The minimum Gasteiger partial charge on any atom is -0.351 e. The number of carbonyl (C=O) groups excluding carboxylic acids is 3. The minimum absolute atomic E-state index is 0.0985. The third-order valence-corrected chi connectivity index (χ3v) is 6.05. The van der Waals surface area contributed by atoms with Crippen molar-refractivity contribution in [2.75, 3.05) is 18.4 Å². The average molecular weight is 475 g/mol. The molecule has 3 amide bonds. The van der Waals surface area contributed by atoms with Crippen molar-refractivity contribution in [1.82, 2.24) is 20.9 Å². The number of pyridine rings is 1. The Bertz CT molecular complexity index is 1190. The number of anilines is 1. The summed E-state index contributed by atoms with van der Waals surface area (Å²) >= 11 is 0. The van der Waals surface area contributed by atoms with Gasteiger partial charge in [-0.15, -0.1) is 0 Å². The summed E-state index contributed by atoms with van der Waals surface area (Å²) in [6, 6.07) is 17.9. The molecule has 1 fully saturated rings. The maximum absolute atomic E-state index is 13.2. The summed E-state index contributed by atoms with van der Waals surface area (Å²) in [5, 5.41) is 12.6. The van der Waals surface area contributed by atoms with Crippen molar-refractivity contribution in [2.24, 2.45) is 5.73 Å². The first-order valence-corrected chi connectivity index (χ1v) is 11.7. The van der Waals surface area contributed by atoms with E-state index in [0.29, 0.717) is 31.5 Å². The molecule has 35 heavy (non-hydrogen) atoms. The van der Waals surface area contributed by atoms with Crippen LogP contribution in [-0.4, -0.2) is 53.9 Å². The summed E-state index contributed by atoms with van der Waals surface area (Å²) in [6.07, 6.45) is 3.10. The Hall–Kier alpha value is -3.82. The molecule has 0 saturated carbocycles.